The summed E-state index contributed by atoms with van der Waals surface area (Å²) in [6.45, 7) is 4.44. The Kier molecular flexibility index (Phi) is 6.56. The van der Waals surface area contributed by atoms with E-state index < -0.39 is 0 Å². The average Bonchev–Trinajstić information content (AvgIpc) is 3.43. The first-order valence-corrected chi connectivity index (χ1v) is 11.4. The fraction of sp³-hybridized carbons (Fsp3) is 0.350. The molecule has 0 radical (unpaired) electrons. The molecule has 0 unspecified atom stereocenters. The van der Waals surface area contributed by atoms with Crippen molar-refractivity contribution in [2.24, 2.45) is 0 Å². The summed E-state index contributed by atoms with van der Waals surface area (Å²) >= 11 is 2.67. The van der Waals surface area contributed by atoms with E-state index in [0.29, 0.717) is 42.8 Å². The maximum absolute atomic E-state index is 12.6. The number of ether oxygens (including phenoxy) is 1. The molecule has 8 nitrogen and oxygen atoms in total. The van der Waals surface area contributed by atoms with Crippen molar-refractivity contribution in [3.8, 4) is 5.69 Å². The number of amides is 1. The van der Waals surface area contributed by atoms with E-state index >= 15 is 0 Å². The highest BCUT2D eigenvalue weighted by Gasteiger charge is 2.19. The van der Waals surface area contributed by atoms with Crippen molar-refractivity contribution in [1.82, 2.24) is 25.1 Å². The lowest BCUT2D eigenvalue weighted by Crippen LogP contribution is -2.41. The smallest absolute Gasteiger partial charge is 0.227 e. The monoisotopic (exact) mass is 443 g/mol. The molecule has 1 saturated heterocycles. The molecule has 2 aromatic heterocycles. The first-order valence-electron chi connectivity index (χ1n) is 9.56. The molecule has 10 heteroatoms. The van der Waals surface area contributed by atoms with Crippen LogP contribution in [-0.2, 0) is 16.0 Å². The van der Waals surface area contributed by atoms with Gasteiger partial charge in [0.15, 0.2) is 5.78 Å². The van der Waals surface area contributed by atoms with Gasteiger partial charge in [-0.1, -0.05) is 29.5 Å². The number of carbonyl (C=O) groups excluding carboxylic acids is 2. The Balaban J connectivity index is 1.35. The summed E-state index contributed by atoms with van der Waals surface area (Å²) < 4.78 is 6.90. The van der Waals surface area contributed by atoms with Crippen LogP contribution in [0.25, 0.3) is 5.69 Å². The summed E-state index contributed by atoms with van der Waals surface area (Å²) in [7, 11) is 0. The number of carbonyl (C=O) groups is 2. The van der Waals surface area contributed by atoms with Crippen molar-refractivity contribution < 1.29 is 14.3 Å². The first-order chi connectivity index (χ1) is 14.6. The van der Waals surface area contributed by atoms with Gasteiger partial charge in [0, 0.05) is 18.0 Å². The van der Waals surface area contributed by atoms with Crippen LogP contribution in [0.4, 0.5) is 0 Å². The van der Waals surface area contributed by atoms with Crippen LogP contribution in [0, 0.1) is 6.92 Å². The van der Waals surface area contributed by atoms with Gasteiger partial charge in [0.2, 0.25) is 11.1 Å². The Labute approximate surface area is 182 Å². The van der Waals surface area contributed by atoms with Crippen LogP contribution in [0.5, 0.6) is 0 Å². The van der Waals surface area contributed by atoms with E-state index in [0.717, 1.165) is 16.1 Å². The standard InChI is InChI=1S/C20H21N5O3S2/c1-14-2-4-15(5-3-14)25-20(21-22-23-25)29-13-17(26)18-7-6-16(30-18)12-19(27)24-8-10-28-11-9-24/h2-7H,8-13H2,1H3. The third-order valence-corrected chi connectivity index (χ3v) is 6.72. The lowest BCUT2D eigenvalue weighted by atomic mass is 10.2. The molecule has 0 bridgehead atoms. The Morgan fingerprint density at radius 1 is 1.13 bits per heavy atom. The summed E-state index contributed by atoms with van der Waals surface area (Å²) in [5.74, 6) is 0.295. The normalized spacial score (nSPS) is 14.1. The van der Waals surface area contributed by atoms with Crippen molar-refractivity contribution >= 4 is 34.8 Å². The van der Waals surface area contributed by atoms with Crippen LogP contribution in [0.1, 0.15) is 20.1 Å². The van der Waals surface area contributed by atoms with E-state index in [1.807, 2.05) is 42.2 Å². The van der Waals surface area contributed by atoms with Gasteiger partial charge >= 0.3 is 0 Å². The molecule has 1 fully saturated rings. The lowest BCUT2D eigenvalue weighted by Gasteiger charge is -2.26. The summed E-state index contributed by atoms with van der Waals surface area (Å²) in [4.78, 5) is 28.4. The lowest BCUT2D eigenvalue weighted by molar-refractivity contribution is -0.134. The second kappa shape index (κ2) is 9.50. The first kappa shape index (κ1) is 20.7. The van der Waals surface area contributed by atoms with E-state index in [-0.39, 0.29) is 17.4 Å². The maximum atomic E-state index is 12.6. The fourth-order valence-corrected chi connectivity index (χ4v) is 4.82. The molecule has 1 amide bonds. The second-order valence-corrected chi connectivity index (χ2v) is 8.97. The van der Waals surface area contributed by atoms with Gasteiger partial charge in [-0.3, -0.25) is 9.59 Å². The van der Waals surface area contributed by atoms with Crippen LogP contribution >= 0.6 is 23.1 Å². The molecular weight excluding hydrogens is 422 g/mol. The van der Waals surface area contributed by atoms with Crippen LogP contribution in [0.2, 0.25) is 0 Å². The van der Waals surface area contributed by atoms with Gasteiger partial charge in [-0.05, 0) is 41.6 Å². The number of rotatable bonds is 7. The molecular formula is C20H21N5O3S2. The molecule has 3 heterocycles. The van der Waals surface area contributed by atoms with Gasteiger partial charge in [0.1, 0.15) is 0 Å². The number of hydrogen-bond donors (Lipinski definition) is 0. The zero-order chi connectivity index (χ0) is 20.9. The van der Waals surface area contributed by atoms with Gasteiger partial charge in [-0.25, -0.2) is 0 Å². The third-order valence-electron chi connectivity index (χ3n) is 4.68. The number of Topliss-reactive ketones (excluding diaryl/α,β-unsaturated/α-hetero) is 1. The van der Waals surface area contributed by atoms with E-state index in [4.69, 9.17) is 4.74 Å². The van der Waals surface area contributed by atoms with Crippen LogP contribution < -0.4 is 0 Å². The SMILES string of the molecule is Cc1ccc(-n2nnnc2SCC(=O)c2ccc(CC(=O)N3CCOCC3)s2)cc1. The van der Waals surface area contributed by atoms with Crippen LogP contribution in [0.3, 0.4) is 0 Å². The largest absolute Gasteiger partial charge is 0.378 e. The molecule has 0 N–H and O–H groups in total. The van der Waals surface area contributed by atoms with Gasteiger partial charge in [-0.2, -0.15) is 4.68 Å². The summed E-state index contributed by atoms with van der Waals surface area (Å²) in [6, 6.07) is 11.5. The topological polar surface area (TPSA) is 90.2 Å². The highest BCUT2D eigenvalue weighted by molar-refractivity contribution is 7.99. The molecule has 0 atom stereocenters. The third kappa shape index (κ3) is 4.94. The molecule has 4 rings (SSSR count). The van der Waals surface area contributed by atoms with E-state index in [9.17, 15) is 9.59 Å². The summed E-state index contributed by atoms with van der Waals surface area (Å²) in [5, 5.41) is 12.4. The number of morpholine rings is 1. The molecule has 1 aliphatic heterocycles. The number of thiophene rings is 1. The number of aromatic nitrogens is 4. The number of nitrogens with zero attached hydrogens (tertiary/aromatic N) is 5. The van der Waals surface area contributed by atoms with Gasteiger partial charge in [0.05, 0.1) is 36.0 Å². The zero-order valence-corrected chi connectivity index (χ0v) is 18.1. The highest BCUT2D eigenvalue weighted by atomic mass is 32.2. The van der Waals surface area contributed by atoms with Crippen LogP contribution in [0.15, 0.2) is 41.6 Å². The highest BCUT2D eigenvalue weighted by Crippen LogP contribution is 2.23. The fourth-order valence-electron chi connectivity index (χ4n) is 3.01. The Hall–Kier alpha value is -2.56. The summed E-state index contributed by atoms with van der Waals surface area (Å²) in [5.41, 5.74) is 2.00. The molecule has 1 aromatic carbocycles. The molecule has 3 aromatic rings. The predicted octanol–water partition coefficient (Wildman–Crippen LogP) is 2.41. The van der Waals surface area contributed by atoms with Crippen molar-refractivity contribution in [1.29, 1.82) is 0 Å². The molecule has 156 valence electrons. The quantitative estimate of drug-likeness (QED) is 0.409. The number of thioether (sulfide) groups is 1. The second-order valence-electron chi connectivity index (χ2n) is 6.86. The molecule has 0 spiro atoms. The van der Waals surface area contributed by atoms with Gasteiger partial charge in [-0.15, -0.1) is 16.4 Å². The maximum Gasteiger partial charge on any atom is 0.227 e. The predicted molar refractivity (Wildman–Crippen MR) is 114 cm³/mol. The molecule has 0 aliphatic carbocycles. The van der Waals surface area contributed by atoms with Crippen molar-refractivity contribution in [2.45, 2.75) is 18.5 Å². The van der Waals surface area contributed by atoms with Crippen molar-refractivity contribution in [3.05, 3.63) is 51.7 Å². The number of ketones is 1. The number of aryl methyl sites for hydroxylation is 1. The average molecular weight is 444 g/mol. The van der Waals surface area contributed by atoms with Crippen molar-refractivity contribution in [2.75, 3.05) is 32.1 Å². The Morgan fingerprint density at radius 3 is 2.67 bits per heavy atom. The Morgan fingerprint density at radius 2 is 1.90 bits per heavy atom. The van der Waals surface area contributed by atoms with Gasteiger partial charge in [0.25, 0.3) is 0 Å². The number of benzene rings is 1. The van der Waals surface area contributed by atoms with Crippen LogP contribution in [-0.4, -0.2) is 68.9 Å². The minimum absolute atomic E-state index is 0.00599. The van der Waals surface area contributed by atoms with E-state index in [2.05, 4.69) is 15.5 Å². The van der Waals surface area contributed by atoms with Gasteiger partial charge < -0.3 is 9.64 Å². The van der Waals surface area contributed by atoms with Crippen molar-refractivity contribution in [3.63, 3.8) is 0 Å². The molecule has 30 heavy (non-hydrogen) atoms. The van der Waals surface area contributed by atoms with E-state index in [1.54, 1.807) is 10.7 Å². The minimum atomic E-state index is -0.00599. The Bertz CT molecular complexity index is 1030. The summed E-state index contributed by atoms with van der Waals surface area (Å²) in [6.07, 6.45) is 0.316. The molecule has 0 saturated carbocycles. The van der Waals surface area contributed by atoms with E-state index in [1.165, 1.54) is 23.1 Å². The number of hydrogen-bond acceptors (Lipinski definition) is 8. The molecule has 1 aliphatic rings. The zero-order valence-electron chi connectivity index (χ0n) is 16.5. The number of tetrazole rings is 1. The minimum Gasteiger partial charge on any atom is -0.378 e.